The average Bonchev–Trinajstić information content (AvgIpc) is 2.98. The minimum Gasteiger partial charge on any atom is -0.481 e. The van der Waals surface area contributed by atoms with Crippen LogP contribution in [0.25, 0.3) is 21.3 Å². The molecule has 3 aromatic rings. The van der Waals surface area contributed by atoms with Crippen LogP contribution in [0, 0.1) is 0 Å². The van der Waals surface area contributed by atoms with E-state index in [0.717, 1.165) is 41.4 Å². The van der Waals surface area contributed by atoms with Crippen molar-refractivity contribution in [2.75, 3.05) is 0 Å². The number of azide groups is 1. The smallest absolute Gasteiger partial charge is 0.304 e. The van der Waals surface area contributed by atoms with E-state index in [-0.39, 0.29) is 12.3 Å². The van der Waals surface area contributed by atoms with E-state index < -0.39 is 5.97 Å². The van der Waals surface area contributed by atoms with E-state index in [4.69, 9.17) is 17.1 Å². The maximum absolute atomic E-state index is 11.5. The fraction of sp³-hybridized carbons (Fsp3) is 0.286. The molecule has 0 bridgehead atoms. The molecule has 1 N–H and O–H groups in total. The zero-order valence-electron chi connectivity index (χ0n) is 15.2. The first-order valence-corrected chi connectivity index (χ1v) is 9.61. The zero-order chi connectivity index (χ0) is 19.7. The Hall–Kier alpha value is -2.95. The number of aromatic nitrogens is 1. The average molecular weight is 395 g/mol. The van der Waals surface area contributed by atoms with E-state index in [0.29, 0.717) is 17.3 Å². The number of carboxylic acids is 1. The van der Waals surface area contributed by atoms with Crippen molar-refractivity contribution in [3.63, 3.8) is 0 Å². The first kappa shape index (κ1) is 18.4. The van der Waals surface area contributed by atoms with Crippen molar-refractivity contribution in [2.45, 2.75) is 38.1 Å². The Morgan fingerprint density at radius 2 is 2.07 bits per heavy atom. The lowest BCUT2D eigenvalue weighted by atomic mass is 9.84. The number of fused-ring (bicyclic) bond motifs is 3. The van der Waals surface area contributed by atoms with Crippen LogP contribution < -0.4 is 0 Å². The molecule has 0 radical (unpaired) electrons. The molecule has 1 unspecified atom stereocenters. The number of carboxylic acid groups (broad SMARTS) is 1. The molecule has 0 spiro atoms. The maximum Gasteiger partial charge on any atom is 0.304 e. The summed E-state index contributed by atoms with van der Waals surface area (Å²) < 4.78 is 2.19. The van der Waals surface area contributed by atoms with Crippen LogP contribution >= 0.6 is 11.6 Å². The molecule has 1 aliphatic carbocycles. The third-order valence-corrected chi connectivity index (χ3v) is 5.65. The molecule has 28 heavy (non-hydrogen) atoms. The Bertz CT molecular complexity index is 1100. The maximum atomic E-state index is 11.5. The Balaban J connectivity index is 1.92. The third kappa shape index (κ3) is 3.44. The summed E-state index contributed by atoms with van der Waals surface area (Å²) in [5, 5.41) is 14.9. The standard InChI is InChI=1S/C21H19ClN4O2/c22-15-6-4-13(5-7-15)12-26-19-11-16(24-25-23)8-9-17(19)18-3-1-2-14(21(18)26)10-20(27)28/h4-9,11,14H,1-3,10,12H2,(H,27,28). The minimum atomic E-state index is -0.782. The van der Waals surface area contributed by atoms with Crippen molar-refractivity contribution in [2.24, 2.45) is 5.11 Å². The summed E-state index contributed by atoms with van der Waals surface area (Å²) in [7, 11) is 0. The van der Waals surface area contributed by atoms with Crippen LogP contribution in [0.4, 0.5) is 5.69 Å². The van der Waals surface area contributed by atoms with Crippen molar-refractivity contribution in [3.8, 4) is 0 Å². The van der Waals surface area contributed by atoms with Gasteiger partial charge < -0.3 is 9.67 Å². The fourth-order valence-corrected chi connectivity index (χ4v) is 4.41. The van der Waals surface area contributed by atoms with E-state index in [1.807, 2.05) is 42.5 Å². The van der Waals surface area contributed by atoms with E-state index in [1.165, 1.54) is 5.56 Å². The highest BCUT2D eigenvalue weighted by molar-refractivity contribution is 6.30. The largest absolute Gasteiger partial charge is 0.481 e. The second-order valence-electron chi connectivity index (χ2n) is 7.15. The molecule has 7 heteroatoms. The van der Waals surface area contributed by atoms with E-state index in [9.17, 15) is 9.90 Å². The Morgan fingerprint density at radius 1 is 1.29 bits per heavy atom. The lowest BCUT2D eigenvalue weighted by Crippen LogP contribution is -2.17. The van der Waals surface area contributed by atoms with Gasteiger partial charge in [0.25, 0.3) is 0 Å². The molecule has 1 aliphatic rings. The molecule has 2 aromatic carbocycles. The van der Waals surface area contributed by atoms with Gasteiger partial charge in [0.15, 0.2) is 0 Å². The number of nitrogens with zero attached hydrogens (tertiary/aromatic N) is 4. The number of benzene rings is 2. The van der Waals surface area contributed by atoms with Gasteiger partial charge >= 0.3 is 5.97 Å². The molecule has 4 rings (SSSR count). The lowest BCUT2D eigenvalue weighted by Gasteiger charge is -2.24. The van der Waals surface area contributed by atoms with Crippen LogP contribution in [-0.4, -0.2) is 15.6 Å². The topological polar surface area (TPSA) is 91.0 Å². The van der Waals surface area contributed by atoms with Gasteiger partial charge in [-0.15, -0.1) is 0 Å². The molecular weight excluding hydrogens is 376 g/mol. The van der Waals surface area contributed by atoms with Crippen molar-refractivity contribution in [3.05, 3.63) is 74.8 Å². The predicted molar refractivity (Wildman–Crippen MR) is 109 cm³/mol. The normalized spacial score (nSPS) is 15.8. The van der Waals surface area contributed by atoms with Crippen molar-refractivity contribution in [1.29, 1.82) is 0 Å². The van der Waals surface area contributed by atoms with E-state index >= 15 is 0 Å². The Labute approximate surface area is 167 Å². The molecule has 1 aromatic heterocycles. The molecule has 142 valence electrons. The highest BCUT2D eigenvalue weighted by Crippen LogP contribution is 2.41. The molecule has 0 aliphatic heterocycles. The Kier molecular flexibility index (Phi) is 4.99. The summed E-state index contributed by atoms with van der Waals surface area (Å²) in [4.78, 5) is 14.4. The minimum absolute atomic E-state index is 0.0242. The van der Waals surface area contributed by atoms with Crippen LogP contribution in [0.15, 0.2) is 47.6 Å². The van der Waals surface area contributed by atoms with Crippen molar-refractivity contribution >= 4 is 34.2 Å². The van der Waals surface area contributed by atoms with Gasteiger partial charge in [0.05, 0.1) is 6.42 Å². The van der Waals surface area contributed by atoms with Gasteiger partial charge in [-0.25, -0.2) is 0 Å². The molecule has 1 heterocycles. The van der Waals surface area contributed by atoms with Crippen LogP contribution in [0.5, 0.6) is 0 Å². The van der Waals surface area contributed by atoms with Crippen LogP contribution in [0.2, 0.25) is 5.02 Å². The summed E-state index contributed by atoms with van der Waals surface area (Å²) >= 11 is 6.02. The van der Waals surface area contributed by atoms with Gasteiger partial charge in [-0.3, -0.25) is 4.79 Å². The molecule has 6 nitrogen and oxygen atoms in total. The monoisotopic (exact) mass is 394 g/mol. The highest BCUT2D eigenvalue weighted by atomic mass is 35.5. The number of hydrogen-bond acceptors (Lipinski definition) is 2. The second kappa shape index (κ2) is 7.58. The molecule has 1 atom stereocenters. The van der Waals surface area contributed by atoms with Gasteiger partial charge in [-0.05, 0) is 54.1 Å². The third-order valence-electron chi connectivity index (χ3n) is 5.40. The van der Waals surface area contributed by atoms with E-state index in [1.54, 1.807) is 0 Å². The molecular formula is C21H19ClN4O2. The van der Waals surface area contributed by atoms with Crippen molar-refractivity contribution in [1.82, 2.24) is 4.57 Å². The molecule has 0 fully saturated rings. The van der Waals surface area contributed by atoms with Crippen LogP contribution in [-0.2, 0) is 17.8 Å². The molecule has 0 amide bonds. The number of aliphatic carboxylic acids is 1. The highest BCUT2D eigenvalue weighted by Gasteiger charge is 2.29. The predicted octanol–water partition coefficient (Wildman–Crippen LogP) is 6.18. The van der Waals surface area contributed by atoms with Gasteiger partial charge in [0.2, 0.25) is 0 Å². The summed E-state index contributed by atoms with van der Waals surface area (Å²) in [6.45, 7) is 0.610. The number of hydrogen-bond donors (Lipinski definition) is 1. The summed E-state index contributed by atoms with van der Waals surface area (Å²) in [5.74, 6) is -0.806. The zero-order valence-corrected chi connectivity index (χ0v) is 15.9. The molecule has 0 saturated carbocycles. The Morgan fingerprint density at radius 3 is 2.79 bits per heavy atom. The van der Waals surface area contributed by atoms with Crippen LogP contribution in [0.1, 0.15) is 42.0 Å². The summed E-state index contributed by atoms with van der Waals surface area (Å²) in [6, 6.07) is 13.4. The number of rotatable bonds is 5. The van der Waals surface area contributed by atoms with Crippen LogP contribution in [0.3, 0.4) is 0 Å². The lowest BCUT2D eigenvalue weighted by molar-refractivity contribution is -0.137. The first-order valence-electron chi connectivity index (χ1n) is 9.23. The second-order valence-corrected chi connectivity index (χ2v) is 7.59. The number of carbonyl (C=O) groups is 1. The SMILES string of the molecule is [N-]=[N+]=Nc1ccc2c3c(n(Cc4ccc(Cl)cc4)c2c1)C(CC(=O)O)CCC3. The van der Waals surface area contributed by atoms with Crippen molar-refractivity contribution < 1.29 is 9.90 Å². The summed E-state index contributed by atoms with van der Waals surface area (Å²) in [5.41, 5.74) is 13.7. The number of halogens is 1. The van der Waals surface area contributed by atoms with Gasteiger partial charge in [-0.2, -0.15) is 0 Å². The van der Waals surface area contributed by atoms with Gasteiger partial charge in [-0.1, -0.05) is 41.0 Å². The fourth-order valence-electron chi connectivity index (χ4n) is 4.29. The van der Waals surface area contributed by atoms with Gasteiger partial charge in [0, 0.05) is 44.7 Å². The van der Waals surface area contributed by atoms with E-state index in [2.05, 4.69) is 14.6 Å². The molecule has 0 saturated heterocycles. The number of aryl methyl sites for hydroxylation is 1. The first-order chi connectivity index (χ1) is 13.6. The quantitative estimate of drug-likeness (QED) is 0.318. The van der Waals surface area contributed by atoms with Gasteiger partial charge in [0.1, 0.15) is 0 Å². The summed E-state index contributed by atoms with van der Waals surface area (Å²) in [6.07, 6.45) is 2.88.